The summed E-state index contributed by atoms with van der Waals surface area (Å²) >= 11 is 0. The number of halogens is 3. The molecule has 0 spiro atoms. The maximum Gasteiger partial charge on any atom is 0.433 e. The Morgan fingerprint density at radius 3 is 2.04 bits per heavy atom. The van der Waals surface area contributed by atoms with Gasteiger partial charge in [-0.25, -0.2) is 19.5 Å². The minimum absolute atomic E-state index is 0.0836. The molecule has 0 aliphatic rings. The van der Waals surface area contributed by atoms with E-state index in [0.717, 1.165) is 13.2 Å². The summed E-state index contributed by atoms with van der Waals surface area (Å²) < 4.78 is 53.7. The van der Waals surface area contributed by atoms with Gasteiger partial charge in [0.15, 0.2) is 5.82 Å². The molecular formula is C15H14F3N5O5. The highest BCUT2D eigenvalue weighted by molar-refractivity contribution is 6.03. The van der Waals surface area contributed by atoms with E-state index in [1.165, 1.54) is 20.3 Å². The summed E-state index contributed by atoms with van der Waals surface area (Å²) in [6.45, 7) is 0. The molecule has 2 aromatic rings. The van der Waals surface area contributed by atoms with Gasteiger partial charge >= 0.3 is 18.2 Å². The van der Waals surface area contributed by atoms with Gasteiger partial charge in [0.1, 0.15) is 11.3 Å². The number of carbonyl (C=O) groups is 2. The monoisotopic (exact) mass is 401 g/mol. The van der Waals surface area contributed by atoms with Crippen molar-refractivity contribution in [2.75, 3.05) is 26.2 Å². The Morgan fingerprint density at radius 1 is 1.04 bits per heavy atom. The maximum absolute atomic E-state index is 13.1. The second kappa shape index (κ2) is 7.94. The van der Waals surface area contributed by atoms with Crippen LogP contribution in [0.1, 0.15) is 16.1 Å². The minimum atomic E-state index is -4.86. The van der Waals surface area contributed by atoms with Gasteiger partial charge in [-0.1, -0.05) is 0 Å². The van der Waals surface area contributed by atoms with Gasteiger partial charge in [-0.05, 0) is 12.1 Å². The van der Waals surface area contributed by atoms with Crippen LogP contribution in [0.5, 0.6) is 11.8 Å². The normalized spacial score (nSPS) is 10.9. The highest BCUT2D eigenvalue weighted by atomic mass is 19.4. The molecule has 0 aliphatic heterocycles. The van der Waals surface area contributed by atoms with Crippen LogP contribution in [0.25, 0.3) is 0 Å². The molecule has 13 heteroatoms. The first-order valence-electron chi connectivity index (χ1n) is 7.35. The van der Waals surface area contributed by atoms with Gasteiger partial charge in [-0.3, -0.25) is 0 Å². The molecule has 0 fully saturated rings. The fraction of sp³-hybridized carbons (Fsp3) is 0.267. The molecule has 2 rings (SSSR count). The van der Waals surface area contributed by atoms with Crippen LogP contribution in [-0.2, 0) is 10.9 Å². The Kier molecular flexibility index (Phi) is 5.86. The van der Waals surface area contributed by atoms with Crippen molar-refractivity contribution in [1.82, 2.24) is 15.0 Å². The standard InChI is InChI=1S/C15H14F3N5O5/c1-26-9-6-10(27-2)22-14(21-9)23(13(19)25)11-7(12(24)28-3)4-5-8(20-11)15(16,17)18/h4-6H,1-3H3,(H2,19,25). The Hall–Kier alpha value is -3.64. The van der Waals surface area contributed by atoms with Crippen LogP contribution in [0.4, 0.5) is 29.7 Å². The predicted octanol–water partition coefficient (Wildman–Crippen LogP) is 1.91. The second-order valence-corrected chi connectivity index (χ2v) is 4.98. The number of rotatable bonds is 5. The molecular weight excluding hydrogens is 387 g/mol. The molecule has 0 radical (unpaired) electrons. The number of nitrogens with two attached hydrogens (primary N) is 1. The minimum Gasteiger partial charge on any atom is -0.481 e. The molecule has 0 atom stereocenters. The van der Waals surface area contributed by atoms with Crippen LogP contribution in [0.15, 0.2) is 18.2 Å². The van der Waals surface area contributed by atoms with Crippen LogP contribution < -0.4 is 20.1 Å². The Labute approximate surface area is 156 Å². The fourth-order valence-corrected chi connectivity index (χ4v) is 2.05. The van der Waals surface area contributed by atoms with E-state index in [-0.39, 0.29) is 11.8 Å². The third-order valence-electron chi connectivity index (χ3n) is 3.29. The van der Waals surface area contributed by atoms with Gasteiger partial charge in [0, 0.05) is 0 Å². The summed E-state index contributed by atoms with van der Waals surface area (Å²) in [5.74, 6) is -2.53. The van der Waals surface area contributed by atoms with E-state index >= 15 is 0 Å². The molecule has 0 unspecified atom stereocenters. The molecule has 2 amide bonds. The molecule has 0 aliphatic carbocycles. The molecule has 0 aromatic carbocycles. The third-order valence-corrected chi connectivity index (χ3v) is 3.29. The molecule has 0 bridgehead atoms. The average molecular weight is 401 g/mol. The largest absolute Gasteiger partial charge is 0.481 e. The van der Waals surface area contributed by atoms with Crippen molar-refractivity contribution in [3.63, 3.8) is 0 Å². The van der Waals surface area contributed by atoms with E-state index in [1.54, 1.807) is 0 Å². The summed E-state index contributed by atoms with van der Waals surface area (Å²) in [6, 6.07) is 1.29. The molecule has 10 nitrogen and oxygen atoms in total. The molecule has 2 heterocycles. The SMILES string of the molecule is COC(=O)c1ccc(C(F)(F)F)nc1N(C(N)=O)c1nc(OC)cc(OC)n1. The van der Waals surface area contributed by atoms with Gasteiger partial charge in [0.05, 0.1) is 27.4 Å². The Balaban J connectivity index is 2.78. The summed E-state index contributed by atoms with van der Waals surface area (Å²) in [7, 11) is 3.51. The van der Waals surface area contributed by atoms with Gasteiger partial charge in [-0.15, -0.1) is 0 Å². The van der Waals surface area contributed by atoms with Gasteiger partial charge in [0.2, 0.25) is 17.7 Å². The van der Waals surface area contributed by atoms with Crippen molar-refractivity contribution in [3.05, 3.63) is 29.5 Å². The zero-order valence-corrected chi connectivity index (χ0v) is 14.8. The second-order valence-electron chi connectivity index (χ2n) is 4.98. The van der Waals surface area contributed by atoms with Crippen LogP contribution >= 0.6 is 0 Å². The first kappa shape index (κ1) is 20.7. The lowest BCUT2D eigenvalue weighted by Crippen LogP contribution is -2.35. The summed E-state index contributed by atoms with van der Waals surface area (Å²) in [6.07, 6.45) is -4.86. The van der Waals surface area contributed by atoms with Crippen molar-refractivity contribution in [2.24, 2.45) is 5.73 Å². The van der Waals surface area contributed by atoms with Crippen molar-refractivity contribution in [2.45, 2.75) is 6.18 Å². The van der Waals surface area contributed by atoms with Crippen LogP contribution in [-0.4, -0.2) is 48.3 Å². The van der Waals surface area contributed by atoms with Crippen molar-refractivity contribution in [3.8, 4) is 11.8 Å². The van der Waals surface area contributed by atoms with Crippen molar-refractivity contribution in [1.29, 1.82) is 0 Å². The summed E-state index contributed by atoms with van der Waals surface area (Å²) in [5.41, 5.74) is 3.45. The number of methoxy groups -OCH3 is 3. The van der Waals surface area contributed by atoms with Crippen LogP contribution in [0, 0.1) is 0 Å². The van der Waals surface area contributed by atoms with Crippen LogP contribution in [0.3, 0.4) is 0 Å². The zero-order valence-electron chi connectivity index (χ0n) is 14.8. The van der Waals surface area contributed by atoms with E-state index in [0.29, 0.717) is 11.0 Å². The highest BCUT2D eigenvalue weighted by Gasteiger charge is 2.36. The first-order chi connectivity index (χ1) is 13.1. The van der Waals surface area contributed by atoms with E-state index in [1.807, 2.05) is 0 Å². The zero-order chi connectivity index (χ0) is 21.1. The lowest BCUT2D eigenvalue weighted by molar-refractivity contribution is -0.141. The predicted molar refractivity (Wildman–Crippen MR) is 87.4 cm³/mol. The van der Waals surface area contributed by atoms with Gasteiger partial charge < -0.3 is 19.9 Å². The van der Waals surface area contributed by atoms with Crippen LogP contribution in [0.2, 0.25) is 0 Å². The molecule has 150 valence electrons. The highest BCUT2D eigenvalue weighted by Crippen LogP contribution is 2.33. The first-order valence-corrected chi connectivity index (χ1v) is 7.35. The van der Waals surface area contributed by atoms with Crippen molar-refractivity contribution >= 4 is 23.8 Å². The van der Waals surface area contributed by atoms with E-state index in [9.17, 15) is 22.8 Å². The van der Waals surface area contributed by atoms with Gasteiger partial charge in [0.25, 0.3) is 0 Å². The van der Waals surface area contributed by atoms with Crippen molar-refractivity contribution < 1.29 is 37.0 Å². The number of ether oxygens (including phenoxy) is 3. The van der Waals surface area contributed by atoms with Gasteiger partial charge in [-0.2, -0.15) is 23.1 Å². The number of hydrogen-bond acceptors (Lipinski definition) is 8. The topological polar surface area (TPSA) is 130 Å². The summed E-state index contributed by atoms with van der Waals surface area (Å²) in [4.78, 5) is 35.5. The molecule has 0 saturated carbocycles. The number of amides is 2. The molecule has 0 saturated heterocycles. The number of urea groups is 1. The lowest BCUT2D eigenvalue weighted by atomic mass is 10.2. The number of aromatic nitrogens is 3. The number of anilines is 2. The average Bonchev–Trinajstić information content (AvgIpc) is 2.66. The number of primary amides is 1. The van der Waals surface area contributed by atoms with E-state index in [4.69, 9.17) is 15.2 Å². The fourth-order valence-electron chi connectivity index (χ4n) is 2.05. The number of carbonyl (C=O) groups excluding carboxylic acids is 2. The Bertz CT molecular complexity index is 884. The smallest absolute Gasteiger partial charge is 0.433 e. The van der Waals surface area contributed by atoms with E-state index in [2.05, 4.69) is 19.7 Å². The summed E-state index contributed by atoms with van der Waals surface area (Å²) in [5, 5.41) is 0. The Morgan fingerprint density at radius 2 is 1.61 bits per heavy atom. The lowest BCUT2D eigenvalue weighted by Gasteiger charge is -2.21. The third kappa shape index (κ3) is 4.19. The number of nitrogens with zero attached hydrogens (tertiary/aromatic N) is 4. The maximum atomic E-state index is 13.1. The number of alkyl halides is 3. The molecule has 2 N–H and O–H groups in total. The number of esters is 1. The van der Waals surface area contributed by atoms with E-state index < -0.39 is 41.2 Å². The number of hydrogen-bond donors (Lipinski definition) is 1. The molecule has 2 aromatic heterocycles. The number of pyridine rings is 1. The quantitative estimate of drug-likeness (QED) is 0.752. The molecule has 28 heavy (non-hydrogen) atoms.